The molecule has 1 aromatic rings. The van der Waals surface area contributed by atoms with Crippen LogP contribution in [0.15, 0.2) is 21.9 Å². The Morgan fingerprint density at radius 3 is 2.83 bits per heavy atom. The Morgan fingerprint density at radius 2 is 2.33 bits per heavy atom. The van der Waals surface area contributed by atoms with Crippen molar-refractivity contribution >= 4 is 0 Å². The third-order valence-electron chi connectivity index (χ3n) is 1.46. The smallest absolute Gasteiger partial charge is 0.284 e. The van der Waals surface area contributed by atoms with Gasteiger partial charge in [0.1, 0.15) is 6.04 Å². The van der Waals surface area contributed by atoms with Crippen LogP contribution >= 0.6 is 0 Å². The van der Waals surface area contributed by atoms with Crippen molar-refractivity contribution in [2.45, 2.75) is 13.0 Å². The van der Waals surface area contributed by atoms with Gasteiger partial charge in [0, 0.05) is 12.3 Å². The zero-order valence-corrected chi connectivity index (χ0v) is 6.44. The van der Waals surface area contributed by atoms with Crippen molar-refractivity contribution in [3.05, 3.63) is 33.1 Å². The lowest BCUT2D eigenvalue weighted by Gasteiger charge is -2.03. The van der Waals surface area contributed by atoms with E-state index in [0.717, 1.165) is 4.57 Å². The van der Waals surface area contributed by atoms with Crippen LogP contribution in [0.2, 0.25) is 0 Å². The normalized spacial score (nSPS) is 12.0. The van der Waals surface area contributed by atoms with E-state index in [2.05, 4.69) is 4.98 Å². The molecule has 62 valence electrons. The topological polar surface area (TPSA) is 78.7 Å². The highest BCUT2D eigenvalue weighted by Gasteiger charge is 2.03. The molecule has 5 nitrogen and oxygen atoms in total. The first-order chi connectivity index (χ1) is 5.65. The fourth-order valence-corrected chi connectivity index (χ4v) is 0.794. The van der Waals surface area contributed by atoms with Gasteiger partial charge in [0.25, 0.3) is 5.56 Å². The van der Waals surface area contributed by atoms with Crippen LogP contribution in [0.1, 0.15) is 13.0 Å². The monoisotopic (exact) mass is 165 g/mol. The number of nitrogens with zero attached hydrogens (tertiary/aromatic N) is 2. The first kappa shape index (κ1) is 8.27. The van der Waals surface area contributed by atoms with Crippen molar-refractivity contribution in [2.24, 2.45) is 0 Å². The molecule has 1 heterocycles. The SMILES string of the molecule is CC(C#N)n1ccc(=O)[nH]c1=O. The molecule has 0 radical (unpaired) electrons. The molecule has 1 rings (SSSR count). The van der Waals surface area contributed by atoms with Crippen LogP contribution in [-0.2, 0) is 0 Å². The van der Waals surface area contributed by atoms with Crippen LogP contribution in [0.25, 0.3) is 0 Å². The van der Waals surface area contributed by atoms with E-state index in [0.29, 0.717) is 0 Å². The molecule has 1 unspecified atom stereocenters. The van der Waals surface area contributed by atoms with Crippen molar-refractivity contribution in [2.75, 3.05) is 0 Å². The van der Waals surface area contributed by atoms with Gasteiger partial charge in [-0.2, -0.15) is 5.26 Å². The number of aromatic amines is 1. The Hall–Kier alpha value is -1.83. The molecular formula is C7H7N3O2. The summed E-state index contributed by atoms with van der Waals surface area (Å²) in [6, 6.07) is 2.53. The maximum Gasteiger partial charge on any atom is 0.329 e. The van der Waals surface area contributed by atoms with Gasteiger partial charge < -0.3 is 0 Å². The predicted molar refractivity (Wildman–Crippen MR) is 41.6 cm³/mol. The maximum atomic E-state index is 11.0. The van der Waals surface area contributed by atoms with Gasteiger partial charge in [0.2, 0.25) is 0 Å². The van der Waals surface area contributed by atoms with E-state index in [9.17, 15) is 9.59 Å². The zero-order chi connectivity index (χ0) is 9.14. The van der Waals surface area contributed by atoms with Crippen LogP contribution in [0.4, 0.5) is 0 Å². The lowest BCUT2D eigenvalue weighted by Crippen LogP contribution is -2.30. The summed E-state index contributed by atoms with van der Waals surface area (Å²) >= 11 is 0. The summed E-state index contributed by atoms with van der Waals surface area (Å²) in [5.41, 5.74) is -1.02. The molecule has 1 N–H and O–H groups in total. The Morgan fingerprint density at radius 1 is 1.67 bits per heavy atom. The largest absolute Gasteiger partial charge is 0.329 e. The highest BCUT2D eigenvalue weighted by Crippen LogP contribution is 1.95. The minimum Gasteiger partial charge on any atom is -0.284 e. The van der Waals surface area contributed by atoms with E-state index in [1.807, 2.05) is 6.07 Å². The second kappa shape index (κ2) is 3.05. The Balaban J connectivity index is 3.30. The summed E-state index contributed by atoms with van der Waals surface area (Å²) in [7, 11) is 0. The molecule has 0 aliphatic rings. The number of nitrogens with one attached hydrogen (secondary N) is 1. The van der Waals surface area contributed by atoms with Crippen LogP contribution in [0.3, 0.4) is 0 Å². The van der Waals surface area contributed by atoms with Gasteiger partial charge in [-0.1, -0.05) is 0 Å². The molecule has 12 heavy (non-hydrogen) atoms. The number of H-pyrrole nitrogens is 1. The van der Waals surface area contributed by atoms with Crippen molar-refractivity contribution in [1.29, 1.82) is 5.26 Å². The first-order valence-electron chi connectivity index (χ1n) is 3.36. The minimum absolute atomic E-state index is 0.457. The number of hydrogen-bond donors (Lipinski definition) is 1. The van der Waals surface area contributed by atoms with E-state index in [1.165, 1.54) is 12.3 Å². The van der Waals surface area contributed by atoms with Gasteiger partial charge in [0.05, 0.1) is 6.07 Å². The molecule has 0 fully saturated rings. The number of hydrogen-bond acceptors (Lipinski definition) is 3. The van der Waals surface area contributed by atoms with Crippen molar-refractivity contribution in [3.63, 3.8) is 0 Å². The zero-order valence-electron chi connectivity index (χ0n) is 6.44. The molecule has 0 aliphatic heterocycles. The van der Waals surface area contributed by atoms with Gasteiger partial charge in [0.15, 0.2) is 0 Å². The highest BCUT2D eigenvalue weighted by atomic mass is 16.2. The fraction of sp³-hybridized carbons (Fsp3) is 0.286. The molecule has 1 atom stereocenters. The molecule has 0 bridgehead atoms. The second-order valence-corrected chi connectivity index (χ2v) is 2.32. The van der Waals surface area contributed by atoms with E-state index in [-0.39, 0.29) is 0 Å². The maximum absolute atomic E-state index is 11.0. The van der Waals surface area contributed by atoms with E-state index in [4.69, 9.17) is 5.26 Å². The molecule has 0 aromatic carbocycles. The van der Waals surface area contributed by atoms with Gasteiger partial charge in [-0.25, -0.2) is 4.79 Å². The summed E-state index contributed by atoms with van der Waals surface area (Å²) in [5, 5.41) is 8.48. The predicted octanol–water partition coefficient (Wildman–Crippen LogP) is -0.379. The molecule has 5 heteroatoms. The third-order valence-corrected chi connectivity index (χ3v) is 1.46. The summed E-state index contributed by atoms with van der Waals surface area (Å²) in [4.78, 5) is 23.7. The number of aromatic nitrogens is 2. The first-order valence-corrected chi connectivity index (χ1v) is 3.36. The number of rotatable bonds is 1. The Labute approximate surface area is 67.9 Å². The van der Waals surface area contributed by atoms with Gasteiger partial charge in [-0.15, -0.1) is 0 Å². The fourth-order valence-electron chi connectivity index (χ4n) is 0.794. The lowest BCUT2D eigenvalue weighted by atomic mass is 10.4. The van der Waals surface area contributed by atoms with Crippen LogP contribution < -0.4 is 11.2 Å². The number of nitriles is 1. The van der Waals surface area contributed by atoms with Gasteiger partial charge in [-0.3, -0.25) is 14.3 Å². The molecular weight excluding hydrogens is 158 g/mol. The summed E-state index contributed by atoms with van der Waals surface area (Å²) in [5.74, 6) is 0. The van der Waals surface area contributed by atoms with E-state index < -0.39 is 17.3 Å². The van der Waals surface area contributed by atoms with Crippen molar-refractivity contribution in [1.82, 2.24) is 9.55 Å². The molecule has 0 saturated heterocycles. The van der Waals surface area contributed by atoms with Gasteiger partial charge >= 0.3 is 5.69 Å². The average molecular weight is 165 g/mol. The van der Waals surface area contributed by atoms with Gasteiger partial charge in [-0.05, 0) is 6.92 Å². The minimum atomic E-state index is -0.561. The summed E-state index contributed by atoms with van der Waals surface area (Å²) in [6.07, 6.45) is 1.30. The molecule has 0 saturated carbocycles. The molecule has 1 aromatic heterocycles. The highest BCUT2D eigenvalue weighted by molar-refractivity contribution is 4.92. The van der Waals surface area contributed by atoms with Crippen LogP contribution in [-0.4, -0.2) is 9.55 Å². The van der Waals surface area contributed by atoms with Crippen molar-refractivity contribution in [3.8, 4) is 6.07 Å². The quantitative estimate of drug-likeness (QED) is 0.616. The third kappa shape index (κ3) is 1.42. The standard InChI is InChI=1S/C7H7N3O2/c1-5(4-8)10-3-2-6(11)9-7(10)12/h2-3,5H,1H3,(H,9,11,12). The molecule has 0 amide bonds. The van der Waals surface area contributed by atoms with Crippen LogP contribution in [0.5, 0.6) is 0 Å². The molecule has 0 spiro atoms. The summed E-state index contributed by atoms with van der Waals surface area (Å²) < 4.78 is 1.15. The van der Waals surface area contributed by atoms with E-state index >= 15 is 0 Å². The average Bonchev–Trinajstić information content (AvgIpc) is 2.03. The van der Waals surface area contributed by atoms with Crippen LogP contribution in [0, 0.1) is 11.3 Å². The molecule has 0 aliphatic carbocycles. The second-order valence-electron chi connectivity index (χ2n) is 2.32. The summed E-state index contributed by atoms with van der Waals surface area (Å²) in [6.45, 7) is 1.57. The lowest BCUT2D eigenvalue weighted by molar-refractivity contribution is 0.622. The van der Waals surface area contributed by atoms with E-state index in [1.54, 1.807) is 6.92 Å². The Bertz CT molecular complexity index is 423. The van der Waals surface area contributed by atoms with Crippen molar-refractivity contribution < 1.29 is 0 Å². The Kier molecular flexibility index (Phi) is 2.10.